The molecule has 1 N–H and O–H groups in total. The smallest absolute Gasteiger partial charge is 0.296 e. The van der Waals surface area contributed by atoms with Gasteiger partial charge in [0.25, 0.3) is 11.7 Å². The average molecular weight is 463 g/mol. The highest BCUT2D eigenvalue weighted by molar-refractivity contribution is 6.47. The number of carbonyl (C=O) groups is 2. The molecule has 0 saturated heterocycles. The summed E-state index contributed by atoms with van der Waals surface area (Å²) >= 11 is 12.0. The summed E-state index contributed by atoms with van der Waals surface area (Å²) in [7, 11) is 0. The number of carbonyl (C=O) groups excluding carboxylic acids is 2. The first-order valence-electron chi connectivity index (χ1n) is 10.0. The van der Waals surface area contributed by atoms with E-state index in [0.29, 0.717) is 33.5 Å². The summed E-state index contributed by atoms with van der Waals surface area (Å²) < 4.78 is 2.04. The number of benzene rings is 3. The largest absolute Gasteiger partial charge is 0.340 e. The molecule has 0 saturated carbocycles. The Bertz CT molecular complexity index is 1280. The van der Waals surface area contributed by atoms with Crippen molar-refractivity contribution in [3.8, 4) is 11.3 Å². The number of hydrogen-bond donors (Lipinski definition) is 1. The van der Waals surface area contributed by atoms with Crippen LogP contribution in [0.25, 0.3) is 11.3 Å². The molecule has 0 aliphatic rings. The lowest BCUT2D eigenvalue weighted by Gasteiger charge is -2.14. The molecule has 6 heteroatoms. The fourth-order valence-electron chi connectivity index (χ4n) is 3.61. The first-order chi connectivity index (χ1) is 15.4. The van der Waals surface area contributed by atoms with E-state index in [9.17, 15) is 9.59 Å². The normalized spacial score (nSPS) is 10.7. The quantitative estimate of drug-likeness (QED) is 0.257. The lowest BCUT2D eigenvalue weighted by molar-refractivity contribution is -0.112. The Morgan fingerprint density at radius 1 is 0.844 bits per heavy atom. The van der Waals surface area contributed by atoms with Crippen LogP contribution >= 0.6 is 23.2 Å². The molecule has 0 radical (unpaired) electrons. The minimum Gasteiger partial charge on any atom is -0.340 e. The Balaban J connectivity index is 1.73. The number of amides is 1. The number of anilines is 1. The van der Waals surface area contributed by atoms with Gasteiger partial charge in [0, 0.05) is 28.0 Å². The van der Waals surface area contributed by atoms with Crippen molar-refractivity contribution in [2.75, 3.05) is 5.32 Å². The van der Waals surface area contributed by atoms with Crippen molar-refractivity contribution in [2.24, 2.45) is 0 Å². The van der Waals surface area contributed by atoms with Crippen LogP contribution < -0.4 is 5.32 Å². The number of aryl methyl sites for hydroxylation is 1. The Hall–Kier alpha value is -3.34. The zero-order valence-corrected chi connectivity index (χ0v) is 18.8. The summed E-state index contributed by atoms with van der Waals surface area (Å²) in [6.45, 7) is 2.46. The molecular weight excluding hydrogens is 443 g/mol. The van der Waals surface area contributed by atoms with E-state index >= 15 is 0 Å². The number of nitrogens with zero attached hydrogens (tertiary/aromatic N) is 1. The molecular formula is C26H20Cl2N2O2. The highest BCUT2D eigenvalue weighted by atomic mass is 35.5. The van der Waals surface area contributed by atoms with Gasteiger partial charge >= 0.3 is 0 Å². The van der Waals surface area contributed by atoms with Crippen LogP contribution in [0.3, 0.4) is 0 Å². The summed E-state index contributed by atoms with van der Waals surface area (Å²) in [5.74, 6) is -1.32. The zero-order chi connectivity index (χ0) is 22.7. The standard InChI is InChI=1S/C26H20Cl2N2O2/c1-17-14-23(25(31)26(32)29-22-9-5-8-21(28)15-22)24(19-6-3-2-4-7-19)30(17)16-18-10-12-20(27)13-11-18/h2-15H,16H2,1H3,(H,29,32). The number of aromatic nitrogens is 1. The number of Topliss-reactive ketones (excluding diaryl/α,β-unsaturated/α-hetero) is 1. The highest BCUT2D eigenvalue weighted by Crippen LogP contribution is 2.29. The molecule has 4 nitrogen and oxygen atoms in total. The second-order valence-corrected chi connectivity index (χ2v) is 8.29. The minimum atomic E-state index is -0.715. The van der Waals surface area contributed by atoms with Crippen molar-refractivity contribution < 1.29 is 9.59 Å². The molecule has 0 aliphatic carbocycles. The van der Waals surface area contributed by atoms with Gasteiger partial charge in [-0.15, -0.1) is 0 Å². The van der Waals surface area contributed by atoms with Crippen molar-refractivity contribution >= 4 is 40.6 Å². The second-order valence-electron chi connectivity index (χ2n) is 7.42. The van der Waals surface area contributed by atoms with Crippen LogP contribution in [0, 0.1) is 6.92 Å². The molecule has 0 bridgehead atoms. The predicted octanol–water partition coefficient (Wildman–Crippen LogP) is 6.64. The lowest BCUT2D eigenvalue weighted by atomic mass is 10.0. The molecule has 32 heavy (non-hydrogen) atoms. The Labute approximate surface area is 196 Å². The first kappa shape index (κ1) is 21.9. The van der Waals surface area contributed by atoms with E-state index in [4.69, 9.17) is 23.2 Å². The van der Waals surface area contributed by atoms with Crippen LogP contribution in [0.1, 0.15) is 21.6 Å². The zero-order valence-electron chi connectivity index (χ0n) is 17.3. The fourth-order valence-corrected chi connectivity index (χ4v) is 3.93. The lowest BCUT2D eigenvalue weighted by Crippen LogP contribution is -2.23. The van der Waals surface area contributed by atoms with Gasteiger partial charge in [-0.25, -0.2) is 0 Å². The van der Waals surface area contributed by atoms with Crippen molar-refractivity contribution in [3.63, 3.8) is 0 Å². The van der Waals surface area contributed by atoms with Gasteiger partial charge in [-0.1, -0.05) is 71.7 Å². The van der Waals surface area contributed by atoms with Gasteiger partial charge in [0.1, 0.15) is 0 Å². The van der Waals surface area contributed by atoms with Gasteiger partial charge in [-0.2, -0.15) is 0 Å². The Kier molecular flexibility index (Phi) is 6.45. The SMILES string of the molecule is Cc1cc(C(=O)C(=O)Nc2cccc(Cl)c2)c(-c2ccccc2)n1Cc1ccc(Cl)cc1. The molecule has 0 spiro atoms. The highest BCUT2D eigenvalue weighted by Gasteiger charge is 2.25. The van der Waals surface area contributed by atoms with Crippen LogP contribution in [0.15, 0.2) is 84.9 Å². The summed E-state index contributed by atoms with van der Waals surface area (Å²) in [6, 6.07) is 25.6. The van der Waals surface area contributed by atoms with E-state index in [2.05, 4.69) is 5.32 Å². The monoisotopic (exact) mass is 462 g/mol. The number of ketones is 1. The molecule has 0 fully saturated rings. The van der Waals surface area contributed by atoms with Gasteiger partial charge in [-0.05, 0) is 54.4 Å². The summed E-state index contributed by atoms with van der Waals surface area (Å²) in [5.41, 5.74) is 4.28. The van der Waals surface area contributed by atoms with Crippen molar-refractivity contribution in [1.29, 1.82) is 0 Å². The van der Waals surface area contributed by atoms with Crippen LogP contribution in [0.2, 0.25) is 10.0 Å². The summed E-state index contributed by atoms with van der Waals surface area (Å²) in [5, 5.41) is 3.79. The number of hydrogen-bond acceptors (Lipinski definition) is 2. The van der Waals surface area contributed by atoms with Gasteiger partial charge in [0.05, 0.1) is 11.3 Å². The topological polar surface area (TPSA) is 51.1 Å². The maximum atomic E-state index is 13.2. The van der Waals surface area contributed by atoms with Crippen molar-refractivity contribution in [3.05, 3.63) is 112 Å². The Morgan fingerprint density at radius 2 is 1.56 bits per heavy atom. The van der Waals surface area contributed by atoms with Gasteiger partial charge in [0.2, 0.25) is 0 Å². The molecule has 4 rings (SSSR count). The summed E-state index contributed by atoms with van der Waals surface area (Å²) in [6.07, 6.45) is 0. The first-order valence-corrected chi connectivity index (χ1v) is 10.8. The molecule has 160 valence electrons. The van der Waals surface area contributed by atoms with Crippen molar-refractivity contribution in [2.45, 2.75) is 13.5 Å². The van der Waals surface area contributed by atoms with Gasteiger partial charge < -0.3 is 9.88 Å². The molecule has 3 aromatic carbocycles. The fraction of sp³-hybridized carbons (Fsp3) is 0.0769. The Morgan fingerprint density at radius 3 is 2.25 bits per heavy atom. The number of halogens is 2. The maximum Gasteiger partial charge on any atom is 0.296 e. The molecule has 4 aromatic rings. The van der Waals surface area contributed by atoms with E-state index in [-0.39, 0.29) is 0 Å². The molecule has 1 aromatic heterocycles. The third-order valence-electron chi connectivity index (χ3n) is 5.14. The number of rotatable bonds is 6. The van der Waals surface area contributed by atoms with E-state index in [1.807, 2.05) is 66.1 Å². The van der Waals surface area contributed by atoms with Crippen LogP contribution in [-0.2, 0) is 11.3 Å². The van der Waals surface area contributed by atoms with Crippen LogP contribution in [-0.4, -0.2) is 16.3 Å². The van der Waals surface area contributed by atoms with E-state index in [0.717, 1.165) is 16.8 Å². The van der Waals surface area contributed by atoms with E-state index in [1.165, 1.54) is 0 Å². The van der Waals surface area contributed by atoms with Crippen molar-refractivity contribution in [1.82, 2.24) is 4.57 Å². The summed E-state index contributed by atoms with van der Waals surface area (Å²) in [4.78, 5) is 26.0. The van der Waals surface area contributed by atoms with E-state index < -0.39 is 11.7 Å². The van der Waals surface area contributed by atoms with Crippen LogP contribution in [0.5, 0.6) is 0 Å². The predicted molar refractivity (Wildman–Crippen MR) is 130 cm³/mol. The van der Waals surface area contributed by atoms with Gasteiger partial charge in [-0.3, -0.25) is 9.59 Å². The molecule has 1 heterocycles. The molecule has 0 aliphatic heterocycles. The average Bonchev–Trinajstić information content (AvgIpc) is 3.11. The van der Waals surface area contributed by atoms with Gasteiger partial charge in [0.15, 0.2) is 0 Å². The minimum absolute atomic E-state index is 0.349. The second kappa shape index (κ2) is 9.43. The van der Waals surface area contributed by atoms with Crippen LogP contribution in [0.4, 0.5) is 5.69 Å². The number of nitrogens with one attached hydrogen (secondary N) is 1. The maximum absolute atomic E-state index is 13.2. The molecule has 1 amide bonds. The molecule has 0 atom stereocenters. The van der Waals surface area contributed by atoms with E-state index in [1.54, 1.807) is 30.3 Å². The third kappa shape index (κ3) is 4.77. The third-order valence-corrected chi connectivity index (χ3v) is 5.63. The molecule has 0 unspecified atom stereocenters.